The molecular weight excluding hydrogens is 528 g/mol. The van der Waals surface area contributed by atoms with Crippen LogP contribution < -0.4 is 0 Å². The van der Waals surface area contributed by atoms with Crippen molar-refractivity contribution in [1.82, 2.24) is 0 Å². The van der Waals surface area contributed by atoms with Crippen molar-refractivity contribution in [1.29, 1.82) is 0 Å². The van der Waals surface area contributed by atoms with E-state index < -0.39 is 23.5 Å². The Hall–Kier alpha value is -1.98. The van der Waals surface area contributed by atoms with Crippen molar-refractivity contribution in [2.24, 2.45) is 56.7 Å². The van der Waals surface area contributed by atoms with Gasteiger partial charge in [-0.1, -0.05) is 46.8 Å². The van der Waals surface area contributed by atoms with Gasteiger partial charge in [-0.15, -0.1) is 0 Å². The topological polar surface area (TPSA) is 86.7 Å². The zero-order valence-corrected chi connectivity index (χ0v) is 27.4. The number of ether oxygens (including phenoxy) is 2. The molecule has 0 bridgehead atoms. The largest absolute Gasteiger partial charge is 0.459 e. The van der Waals surface area contributed by atoms with Crippen molar-refractivity contribution in [2.45, 2.75) is 126 Å². The second kappa shape index (κ2) is 10.3. The summed E-state index contributed by atoms with van der Waals surface area (Å²) in [6.45, 7) is 21.8. The van der Waals surface area contributed by atoms with Crippen LogP contribution in [0.4, 0.5) is 0 Å². The number of fused-ring (bicyclic) bond motifs is 7. The fourth-order valence-corrected chi connectivity index (χ4v) is 12.2. The predicted molar refractivity (Wildman–Crippen MR) is 161 cm³/mol. The Morgan fingerprint density at radius 1 is 0.714 bits per heavy atom. The molecule has 6 nitrogen and oxygen atoms in total. The summed E-state index contributed by atoms with van der Waals surface area (Å²) in [6, 6.07) is 0. The molecule has 0 aliphatic heterocycles. The van der Waals surface area contributed by atoms with Crippen LogP contribution in [0.3, 0.4) is 0 Å². The molecule has 6 heteroatoms. The van der Waals surface area contributed by atoms with Crippen LogP contribution >= 0.6 is 0 Å². The quantitative estimate of drug-likeness (QED) is 0.186. The molecule has 0 aromatic carbocycles. The van der Waals surface area contributed by atoms with E-state index in [2.05, 4.69) is 48.1 Å². The zero-order valence-electron chi connectivity index (χ0n) is 27.4. The molecule has 5 saturated carbocycles. The third kappa shape index (κ3) is 4.38. The molecule has 10 unspecified atom stereocenters. The first-order valence-corrected chi connectivity index (χ1v) is 16.5. The molecule has 0 saturated heterocycles. The van der Waals surface area contributed by atoms with Crippen LogP contribution in [-0.2, 0) is 28.7 Å². The Labute approximate surface area is 253 Å². The SMILES string of the molecule is C=C(C)C1CCC2(COC(=O)C(C)=O)CCC3(C)C(CCC4C5(C)CCC(OC(=O)C(C)=O)C(C)(C)C5CCC43C)C12. The molecule has 0 heterocycles. The Bertz CT molecular complexity index is 1190. The zero-order chi connectivity index (χ0) is 31.0. The number of hydrogen-bond acceptors (Lipinski definition) is 6. The van der Waals surface area contributed by atoms with Gasteiger partial charge in [0, 0.05) is 24.7 Å². The number of esters is 2. The van der Waals surface area contributed by atoms with Gasteiger partial charge < -0.3 is 9.47 Å². The molecular formula is C36H54O6. The Kier molecular flexibility index (Phi) is 7.71. The highest BCUT2D eigenvalue weighted by Gasteiger charge is 2.71. The maximum Gasteiger partial charge on any atom is 0.374 e. The molecule has 0 N–H and O–H groups in total. The standard InChI is InChI=1S/C36H54O6/c1-21(2)24-12-17-36(20-41-30(39)22(3)37)19-18-34(8)25(29(24)36)10-11-27-33(7)15-14-28(42-31(40)23(4)38)32(5,6)26(33)13-16-35(27,34)9/h24-29H,1,10-20H2,2-9H3. The van der Waals surface area contributed by atoms with E-state index in [4.69, 9.17) is 9.47 Å². The second-order valence-corrected chi connectivity index (χ2v) is 16.5. The highest BCUT2D eigenvalue weighted by Crippen LogP contribution is 2.77. The van der Waals surface area contributed by atoms with Crippen LogP contribution in [0.2, 0.25) is 0 Å². The summed E-state index contributed by atoms with van der Waals surface area (Å²) >= 11 is 0. The Morgan fingerprint density at radius 2 is 1.38 bits per heavy atom. The van der Waals surface area contributed by atoms with Crippen LogP contribution in [0.15, 0.2) is 12.2 Å². The van der Waals surface area contributed by atoms with Crippen LogP contribution in [0.5, 0.6) is 0 Å². The lowest BCUT2D eigenvalue weighted by atomic mass is 9.32. The van der Waals surface area contributed by atoms with E-state index in [9.17, 15) is 19.2 Å². The van der Waals surface area contributed by atoms with Crippen molar-refractivity contribution in [3.05, 3.63) is 12.2 Å². The number of ketones is 2. The third-order valence-electron chi connectivity index (χ3n) is 14.5. The Balaban J connectivity index is 1.46. The van der Waals surface area contributed by atoms with Gasteiger partial charge in [0.15, 0.2) is 0 Å². The molecule has 234 valence electrons. The van der Waals surface area contributed by atoms with Gasteiger partial charge in [-0.05, 0) is 117 Å². The van der Waals surface area contributed by atoms with Crippen molar-refractivity contribution in [3.63, 3.8) is 0 Å². The van der Waals surface area contributed by atoms with E-state index >= 15 is 0 Å². The second-order valence-electron chi connectivity index (χ2n) is 16.5. The van der Waals surface area contributed by atoms with E-state index in [0.717, 1.165) is 51.4 Å². The molecule has 5 fully saturated rings. The van der Waals surface area contributed by atoms with Gasteiger partial charge in [0.1, 0.15) is 6.10 Å². The van der Waals surface area contributed by atoms with Crippen LogP contribution in [0.1, 0.15) is 120 Å². The molecule has 0 aromatic rings. The maximum absolute atomic E-state index is 12.3. The first-order valence-electron chi connectivity index (χ1n) is 16.5. The lowest BCUT2D eigenvalue weighted by molar-refractivity contribution is -0.251. The Morgan fingerprint density at radius 3 is 2.00 bits per heavy atom. The van der Waals surface area contributed by atoms with Crippen molar-refractivity contribution >= 4 is 23.5 Å². The summed E-state index contributed by atoms with van der Waals surface area (Å²) in [5.74, 6) is -0.105. The summed E-state index contributed by atoms with van der Waals surface area (Å²) in [7, 11) is 0. The number of rotatable bonds is 6. The van der Waals surface area contributed by atoms with Gasteiger partial charge in [-0.2, -0.15) is 0 Å². The van der Waals surface area contributed by atoms with Crippen molar-refractivity contribution < 1.29 is 28.7 Å². The first kappa shape index (κ1) is 31.4. The summed E-state index contributed by atoms with van der Waals surface area (Å²) in [5, 5.41) is 0. The van der Waals surface area contributed by atoms with Gasteiger partial charge >= 0.3 is 11.9 Å². The molecule has 0 spiro atoms. The third-order valence-corrected chi connectivity index (χ3v) is 14.5. The van der Waals surface area contributed by atoms with Crippen molar-refractivity contribution in [2.75, 3.05) is 6.61 Å². The van der Waals surface area contributed by atoms with E-state index in [0.29, 0.717) is 36.2 Å². The normalized spacial score (nSPS) is 45.3. The fraction of sp³-hybridized carbons (Fsp3) is 0.833. The van der Waals surface area contributed by atoms with Crippen molar-refractivity contribution in [3.8, 4) is 0 Å². The smallest absolute Gasteiger partial charge is 0.374 e. The van der Waals surface area contributed by atoms with E-state index in [1.807, 2.05) is 0 Å². The average molecular weight is 583 g/mol. The number of carbonyl (C=O) groups is 4. The number of carbonyl (C=O) groups excluding carboxylic acids is 4. The van der Waals surface area contributed by atoms with E-state index in [-0.39, 0.29) is 33.2 Å². The fourth-order valence-electron chi connectivity index (χ4n) is 12.2. The number of Topliss-reactive ketones (excluding diaryl/α,β-unsaturated/α-hetero) is 2. The summed E-state index contributed by atoms with van der Waals surface area (Å²) in [6.07, 6.45) is 10.4. The predicted octanol–water partition coefficient (Wildman–Crippen LogP) is 7.28. The molecule has 0 aromatic heterocycles. The van der Waals surface area contributed by atoms with Gasteiger partial charge in [-0.25, -0.2) is 9.59 Å². The molecule has 0 radical (unpaired) electrons. The van der Waals surface area contributed by atoms with Gasteiger partial charge in [0.25, 0.3) is 0 Å². The molecule has 5 aliphatic carbocycles. The lowest BCUT2D eigenvalue weighted by Crippen LogP contribution is -2.67. The number of hydrogen-bond donors (Lipinski definition) is 0. The molecule has 42 heavy (non-hydrogen) atoms. The van der Waals surface area contributed by atoms with E-state index in [1.54, 1.807) is 0 Å². The minimum atomic E-state index is -0.704. The van der Waals surface area contributed by atoms with Crippen LogP contribution in [-0.4, -0.2) is 36.2 Å². The summed E-state index contributed by atoms with van der Waals surface area (Å²) in [4.78, 5) is 48.0. The van der Waals surface area contributed by atoms with E-state index in [1.165, 1.54) is 32.3 Å². The van der Waals surface area contributed by atoms with Gasteiger partial charge in [-0.3, -0.25) is 9.59 Å². The summed E-state index contributed by atoms with van der Waals surface area (Å²) < 4.78 is 11.5. The molecule has 5 rings (SSSR count). The van der Waals surface area contributed by atoms with Gasteiger partial charge in [0.2, 0.25) is 11.6 Å². The van der Waals surface area contributed by atoms with Gasteiger partial charge in [0.05, 0.1) is 6.61 Å². The lowest BCUT2D eigenvalue weighted by Gasteiger charge is -2.73. The number of allylic oxidation sites excluding steroid dienone is 1. The average Bonchev–Trinajstić information content (AvgIpc) is 3.29. The minimum absolute atomic E-state index is 0.0795. The van der Waals surface area contributed by atoms with Crippen LogP contribution in [0.25, 0.3) is 0 Å². The monoisotopic (exact) mass is 582 g/mol. The summed E-state index contributed by atoms with van der Waals surface area (Å²) in [5.41, 5.74) is 1.43. The first-order chi connectivity index (χ1) is 19.4. The highest BCUT2D eigenvalue weighted by molar-refractivity contribution is 6.32. The maximum atomic E-state index is 12.3. The highest BCUT2D eigenvalue weighted by atomic mass is 16.6. The molecule has 10 atom stereocenters. The molecule has 0 amide bonds. The molecule has 5 aliphatic rings. The minimum Gasteiger partial charge on any atom is -0.459 e. The van der Waals surface area contributed by atoms with Crippen LogP contribution in [0, 0.1) is 56.7 Å².